The second kappa shape index (κ2) is 10.5. The van der Waals surface area contributed by atoms with Crippen molar-refractivity contribution in [1.82, 2.24) is 4.90 Å². The average Bonchev–Trinajstić information content (AvgIpc) is 3.31. The Bertz CT molecular complexity index is 1080. The third-order valence-electron chi connectivity index (χ3n) is 4.74. The molecule has 0 radical (unpaired) electrons. The Kier molecular flexibility index (Phi) is 7.24. The molecule has 0 spiro atoms. The van der Waals surface area contributed by atoms with Gasteiger partial charge in [0.05, 0.1) is 18.8 Å². The first kappa shape index (κ1) is 22.1. The van der Waals surface area contributed by atoms with Crippen molar-refractivity contribution in [1.29, 1.82) is 0 Å². The van der Waals surface area contributed by atoms with Crippen molar-refractivity contribution in [2.45, 2.75) is 25.1 Å². The van der Waals surface area contributed by atoms with Gasteiger partial charge in [0.15, 0.2) is 5.17 Å². The molecule has 1 aliphatic heterocycles. The van der Waals surface area contributed by atoms with Crippen LogP contribution in [0.3, 0.4) is 0 Å². The second-order valence-electron chi connectivity index (χ2n) is 7.05. The molecular weight excluding hydrogens is 442 g/mol. The predicted octanol–water partition coefficient (Wildman–Crippen LogP) is 5.31. The summed E-state index contributed by atoms with van der Waals surface area (Å²) in [5.41, 5.74) is 1.40. The third kappa shape index (κ3) is 5.57. The summed E-state index contributed by atoms with van der Waals surface area (Å²) in [5, 5.41) is 4.87. The first-order valence-electron chi connectivity index (χ1n) is 10.3. The monoisotopic (exact) mass is 465 g/mol. The van der Waals surface area contributed by atoms with E-state index in [-0.39, 0.29) is 18.2 Å². The van der Waals surface area contributed by atoms with Gasteiger partial charge in [-0.05, 0) is 54.8 Å². The van der Waals surface area contributed by atoms with Crippen molar-refractivity contribution in [3.8, 4) is 5.75 Å². The highest BCUT2D eigenvalue weighted by atomic mass is 32.2. The fraction of sp³-hybridized carbons (Fsp3) is 0.208. The smallest absolute Gasteiger partial charge is 0.238 e. The number of amidine groups is 1. The molecule has 1 aromatic heterocycles. The molecule has 2 aromatic carbocycles. The number of ether oxygens (including phenoxy) is 1. The molecule has 3 aromatic rings. The van der Waals surface area contributed by atoms with Crippen LogP contribution in [0.2, 0.25) is 0 Å². The van der Waals surface area contributed by atoms with Crippen molar-refractivity contribution in [2.75, 3.05) is 11.9 Å². The lowest BCUT2D eigenvalue weighted by Gasteiger charge is -2.31. The van der Waals surface area contributed by atoms with E-state index >= 15 is 0 Å². The van der Waals surface area contributed by atoms with Crippen molar-refractivity contribution < 1.29 is 14.3 Å². The molecule has 4 rings (SSSR count). The van der Waals surface area contributed by atoms with Crippen molar-refractivity contribution >= 4 is 51.5 Å². The molecule has 1 N–H and O–H groups in total. The third-order valence-corrected chi connectivity index (χ3v) is 6.79. The highest BCUT2D eigenvalue weighted by Gasteiger charge is 2.36. The molecule has 1 unspecified atom stereocenters. The summed E-state index contributed by atoms with van der Waals surface area (Å²) in [6, 6.07) is 20.6. The van der Waals surface area contributed by atoms with Gasteiger partial charge in [0.1, 0.15) is 11.0 Å². The van der Waals surface area contributed by atoms with Gasteiger partial charge in [-0.25, -0.2) is 4.99 Å². The van der Waals surface area contributed by atoms with Crippen LogP contribution in [-0.4, -0.2) is 33.7 Å². The van der Waals surface area contributed by atoms with Gasteiger partial charge in [-0.2, -0.15) is 0 Å². The molecule has 1 aliphatic rings. The van der Waals surface area contributed by atoms with E-state index in [0.29, 0.717) is 24.0 Å². The number of rotatable bonds is 7. The lowest BCUT2D eigenvalue weighted by Crippen LogP contribution is -2.44. The molecular formula is C24H23N3O3S2. The average molecular weight is 466 g/mol. The summed E-state index contributed by atoms with van der Waals surface area (Å²) in [4.78, 5) is 33.4. The van der Waals surface area contributed by atoms with Crippen LogP contribution in [-0.2, 0) is 16.1 Å². The van der Waals surface area contributed by atoms with E-state index in [9.17, 15) is 9.59 Å². The van der Waals surface area contributed by atoms with Gasteiger partial charge >= 0.3 is 0 Å². The van der Waals surface area contributed by atoms with E-state index in [4.69, 9.17) is 9.73 Å². The number of carbonyl (C=O) groups is 2. The van der Waals surface area contributed by atoms with Crippen LogP contribution < -0.4 is 10.1 Å². The molecule has 6 nitrogen and oxygen atoms in total. The minimum atomic E-state index is -0.559. The van der Waals surface area contributed by atoms with Crippen molar-refractivity contribution in [3.05, 3.63) is 77.0 Å². The molecule has 1 saturated heterocycles. The van der Waals surface area contributed by atoms with Gasteiger partial charge in [-0.1, -0.05) is 36.0 Å². The van der Waals surface area contributed by atoms with Crippen LogP contribution in [0.25, 0.3) is 0 Å². The molecule has 0 aliphatic carbocycles. The van der Waals surface area contributed by atoms with Gasteiger partial charge in [-0.15, -0.1) is 11.3 Å². The lowest BCUT2D eigenvalue weighted by molar-refractivity contribution is -0.129. The van der Waals surface area contributed by atoms with Crippen molar-refractivity contribution in [3.63, 3.8) is 0 Å². The molecule has 0 saturated carbocycles. The number of hydrogen-bond acceptors (Lipinski definition) is 6. The van der Waals surface area contributed by atoms with Gasteiger partial charge in [0, 0.05) is 17.0 Å². The normalized spacial score (nSPS) is 17.4. The van der Waals surface area contributed by atoms with Crippen LogP contribution in [0, 0.1) is 0 Å². The minimum Gasteiger partial charge on any atom is -0.494 e. The zero-order valence-corrected chi connectivity index (χ0v) is 19.2. The zero-order valence-electron chi connectivity index (χ0n) is 17.6. The Morgan fingerprint density at radius 2 is 1.91 bits per heavy atom. The summed E-state index contributed by atoms with van der Waals surface area (Å²) in [7, 11) is 0. The van der Waals surface area contributed by atoms with Gasteiger partial charge < -0.3 is 10.1 Å². The topological polar surface area (TPSA) is 71.0 Å². The number of thioether (sulfide) groups is 1. The Labute approximate surface area is 195 Å². The van der Waals surface area contributed by atoms with E-state index in [0.717, 1.165) is 16.3 Å². The van der Waals surface area contributed by atoms with Gasteiger partial charge in [0.2, 0.25) is 11.8 Å². The van der Waals surface area contributed by atoms with Crippen LogP contribution in [0.1, 0.15) is 18.2 Å². The first-order chi connectivity index (χ1) is 15.6. The quantitative estimate of drug-likeness (QED) is 0.514. The van der Waals surface area contributed by atoms with Gasteiger partial charge in [0.25, 0.3) is 0 Å². The van der Waals surface area contributed by atoms with E-state index < -0.39 is 5.25 Å². The van der Waals surface area contributed by atoms with Crippen molar-refractivity contribution in [2.24, 2.45) is 4.99 Å². The predicted molar refractivity (Wildman–Crippen MR) is 131 cm³/mol. The number of anilines is 1. The van der Waals surface area contributed by atoms with E-state index in [2.05, 4.69) is 5.32 Å². The molecule has 2 amide bonds. The fourth-order valence-corrected chi connectivity index (χ4v) is 4.98. The summed E-state index contributed by atoms with van der Waals surface area (Å²) >= 11 is 2.91. The molecule has 32 heavy (non-hydrogen) atoms. The number of aliphatic imine (C=N–C) groups is 1. The highest BCUT2D eigenvalue weighted by Crippen LogP contribution is 2.31. The van der Waals surface area contributed by atoms with Crippen LogP contribution in [0.4, 0.5) is 11.4 Å². The number of thiophene rings is 1. The summed E-state index contributed by atoms with van der Waals surface area (Å²) in [5.74, 6) is 0.414. The largest absolute Gasteiger partial charge is 0.494 e. The van der Waals surface area contributed by atoms with E-state index in [1.807, 2.05) is 66.9 Å². The second-order valence-corrected chi connectivity index (χ2v) is 9.25. The Hall–Kier alpha value is -3.10. The Balaban J connectivity index is 1.52. The maximum Gasteiger partial charge on any atom is 0.238 e. The Morgan fingerprint density at radius 1 is 1.12 bits per heavy atom. The summed E-state index contributed by atoms with van der Waals surface area (Å²) < 4.78 is 5.44. The number of amides is 2. The number of para-hydroxylation sites is 1. The fourth-order valence-electron chi connectivity index (χ4n) is 3.19. The standard InChI is InChI=1S/C24H23N3O3S2/c1-2-30-19-12-10-18(11-13-19)25-23(29)21-15-22(28)27(16-20-9-6-14-31-20)24(32-21)26-17-7-4-3-5-8-17/h3-14,21H,2,15-16H2,1H3,(H,25,29). The van der Waals surface area contributed by atoms with Crippen LogP contribution in [0.5, 0.6) is 5.75 Å². The first-order valence-corrected chi connectivity index (χ1v) is 12.0. The van der Waals surface area contributed by atoms with E-state index in [1.54, 1.807) is 28.4 Å². The number of nitrogens with zero attached hydrogens (tertiary/aromatic N) is 2. The van der Waals surface area contributed by atoms with Gasteiger partial charge in [-0.3, -0.25) is 14.5 Å². The Morgan fingerprint density at radius 3 is 2.59 bits per heavy atom. The maximum atomic E-state index is 13.0. The molecule has 2 heterocycles. The molecule has 0 bridgehead atoms. The zero-order chi connectivity index (χ0) is 22.3. The van der Waals surface area contributed by atoms with E-state index in [1.165, 1.54) is 11.8 Å². The number of benzene rings is 2. The highest BCUT2D eigenvalue weighted by molar-refractivity contribution is 8.15. The van der Waals surface area contributed by atoms with Crippen LogP contribution >= 0.6 is 23.1 Å². The van der Waals surface area contributed by atoms with Crippen LogP contribution in [0.15, 0.2) is 77.1 Å². The summed E-state index contributed by atoms with van der Waals surface area (Å²) in [6.45, 7) is 2.95. The SMILES string of the molecule is CCOc1ccc(NC(=O)C2CC(=O)N(Cc3cccs3)C(=Nc3ccccc3)S2)cc1. The number of carbonyl (C=O) groups excluding carboxylic acids is 2. The molecule has 1 fully saturated rings. The summed E-state index contributed by atoms with van der Waals surface area (Å²) in [6.07, 6.45) is 0.118. The molecule has 8 heteroatoms. The number of nitrogens with one attached hydrogen (secondary N) is 1. The maximum absolute atomic E-state index is 13.0. The molecule has 1 atom stereocenters. The lowest BCUT2D eigenvalue weighted by atomic mass is 10.2. The number of hydrogen-bond donors (Lipinski definition) is 1. The molecule has 164 valence electrons. The minimum absolute atomic E-state index is 0.112.